The number of sulfonamides is 1. The van der Waals surface area contributed by atoms with E-state index in [4.69, 9.17) is 0 Å². The van der Waals surface area contributed by atoms with Gasteiger partial charge in [-0.2, -0.15) is 9.57 Å². The van der Waals surface area contributed by atoms with Crippen LogP contribution in [-0.2, 0) is 26.7 Å². The van der Waals surface area contributed by atoms with E-state index < -0.39 is 10.0 Å². The van der Waals surface area contributed by atoms with Crippen LogP contribution in [0.1, 0.15) is 44.2 Å². The third kappa shape index (κ3) is 4.72. The maximum atomic E-state index is 12.5. The zero-order valence-electron chi connectivity index (χ0n) is 17.4. The van der Waals surface area contributed by atoms with Crippen LogP contribution < -0.4 is 5.32 Å². The fourth-order valence-corrected chi connectivity index (χ4v) is 4.94. The van der Waals surface area contributed by atoms with E-state index in [1.165, 1.54) is 4.31 Å². The monoisotopic (exact) mass is 425 g/mol. The van der Waals surface area contributed by atoms with Crippen LogP contribution in [-0.4, -0.2) is 31.7 Å². The minimum atomic E-state index is -3.47. The van der Waals surface area contributed by atoms with Gasteiger partial charge in [0.2, 0.25) is 15.9 Å². The maximum absolute atomic E-state index is 12.5. The van der Waals surface area contributed by atoms with Crippen molar-refractivity contribution in [3.05, 3.63) is 59.7 Å². The van der Waals surface area contributed by atoms with E-state index in [1.54, 1.807) is 24.3 Å². The van der Waals surface area contributed by atoms with E-state index in [2.05, 4.69) is 11.4 Å². The normalized spacial score (nSPS) is 14.9. The van der Waals surface area contributed by atoms with Gasteiger partial charge in [-0.05, 0) is 54.7 Å². The van der Waals surface area contributed by atoms with Crippen molar-refractivity contribution in [1.82, 2.24) is 4.31 Å². The third-order valence-corrected chi connectivity index (χ3v) is 7.66. The molecule has 2 aromatic rings. The maximum Gasteiger partial charge on any atom is 0.243 e. The summed E-state index contributed by atoms with van der Waals surface area (Å²) < 4.78 is 26.5. The molecule has 1 fully saturated rings. The number of nitriles is 1. The Labute approximate surface area is 178 Å². The Morgan fingerprint density at radius 1 is 1.07 bits per heavy atom. The van der Waals surface area contributed by atoms with Gasteiger partial charge < -0.3 is 5.32 Å². The van der Waals surface area contributed by atoms with E-state index >= 15 is 0 Å². The Bertz CT molecular complexity index is 1030. The Morgan fingerprint density at radius 2 is 1.67 bits per heavy atom. The van der Waals surface area contributed by atoms with Gasteiger partial charge in [0.05, 0.1) is 16.4 Å². The van der Waals surface area contributed by atoms with Crippen molar-refractivity contribution < 1.29 is 13.2 Å². The second-order valence-corrected chi connectivity index (χ2v) is 9.49. The molecule has 1 saturated carbocycles. The number of amides is 1. The van der Waals surface area contributed by atoms with Crippen molar-refractivity contribution in [2.24, 2.45) is 0 Å². The summed E-state index contributed by atoms with van der Waals surface area (Å²) in [6.45, 7) is 4.49. The number of aryl methyl sites for hydroxylation is 1. The lowest BCUT2D eigenvalue weighted by atomic mass is 9.98. The topological polar surface area (TPSA) is 90.3 Å². The Kier molecular flexibility index (Phi) is 6.59. The zero-order chi connectivity index (χ0) is 21.8. The van der Waals surface area contributed by atoms with Crippen LogP contribution in [0.15, 0.2) is 53.4 Å². The molecule has 0 atom stereocenters. The summed E-state index contributed by atoms with van der Waals surface area (Å²) in [5.74, 6) is -0.107. The smallest absolute Gasteiger partial charge is 0.243 e. The van der Waals surface area contributed by atoms with Gasteiger partial charge in [-0.3, -0.25) is 4.79 Å². The number of nitrogens with zero attached hydrogens (tertiary/aromatic N) is 2. The van der Waals surface area contributed by atoms with Crippen molar-refractivity contribution in [2.45, 2.75) is 49.8 Å². The number of hydrogen-bond donors (Lipinski definition) is 1. The zero-order valence-corrected chi connectivity index (χ0v) is 18.2. The van der Waals surface area contributed by atoms with Gasteiger partial charge in [0.1, 0.15) is 0 Å². The first-order chi connectivity index (χ1) is 14.3. The first-order valence-corrected chi connectivity index (χ1v) is 11.7. The molecule has 1 N–H and O–H groups in total. The lowest BCUT2D eigenvalue weighted by molar-refractivity contribution is -0.116. The highest BCUT2D eigenvalue weighted by atomic mass is 32.2. The molecule has 0 unspecified atom stereocenters. The van der Waals surface area contributed by atoms with Crippen LogP contribution in [0.2, 0.25) is 0 Å². The fourth-order valence-electron chi connectivity index (χ4n) is 3.48. The number of rotatable bonds is 9. The average molecular weight is 426 g/mol. The standard InChI is InChI=1S/C23H27N3O3S/c1-3-26(4-2)30(28,29)21-12-5-18(6-13-21)7-14-22(27)25-20-10-8-19(9-11-20)23(17-24)15-16-23/h5-6,8-13H,3-4,7,14-16H2,1-2H3,(H,25,27). The lowest BCUT2D eigenvalue weighted by Crippen LogP contribution is -2.30. The molecule has 0 aromatic heterocycles. The molecule has 1 aliphatic carbocycles. The summed E-state index contributed by atoms with van der Waals surface area (Å²) >= 11 is 0. The van der Waals surface area contributed by atoms with Gasteiger partial charge >= 0.3 is 0 Å². The summed E-state index contributed by atoms with van der Waals surface area (Å²) in [4.78, 5) is 12.5. The van der Waals surface area contributed by atoms with Crippen LogP contribution in [0.5, 0.6) is 0 Å². The highest BCUT2D eigenvalue weighted by Crippen LogP contribution is 2.47. The molecule has 3 rings (SSSR count). The lowest BCUT2D eigenvalue weighted by Gasteiger charge is -2.18. The van der Waals surface area contributed by atoms with Crippen molar-refractivity contribution >= 4 is 21.6 Å². The van der Waals surface area contributed by atoms with Crippen LogP contribution in [0.3, 0.4) is 0 Å². The molecule has 0 radical (unpaired) electrons. The van der Waals surface area contributed by atoms with Crippen LogP contribution >= 0.6 is 0 Å². The highest BCUT2D eigenvalue weighted by Gasteiger charge is 2.44. The van der Waals surface area contributed by atoms with Crippen LogP contribution in [0.25, 0.3) is 0 Å². The van der Waals surface area contributed by atoms with E-state index in [9.17, 15) is 18.5 Å². The largest absolute Gasteiger partial charge is 0.326 e. The molecule has 6 nitrogen and oxygen atoms in total. The van der Waals surface area contributed by atoms with E-state index in [-0.39, 0.29) is 16.2 Å². The molecular weight excluding hydrogens is 398 g/mol. The number of benzene rings is 2. The molecule has 0 heterocycles. The summed E-state index contributed by atoms with van der Waals surface area (Å²) in [6.07, 6.45) is 2.60. The molecule has 7 heteroatoms. The number of hydrogen-bond acceptors (Lipinski definition) is 4. The number of nitrogens with one attached hydrogen (secondary N) is 1. The summed E-state index contributed by atoms with van der Waals surface area (Å²) in [5.41, 5.74) is 2.29. The van der Waals surface area contributed by atoms with Gasteiger partial charge in [-0.1, -0.05) is 38.1 Å². The number of carbonyl (C=O) groups is 1. The fraction of sp³-hybridized carbons (Fsp3) is 0.391. The van der Waals surface area contributed by atoms with E-state index in [0.29, 0.717) is 31.6 Å². The Balaban J connectivity index is 1.54. The van der Waals surface area contributed by atoms with Crippen molar-refractivity contribution in [2.75, 3.05) is 18.4 Å². The molecule has 0 aliphatic heterocycles. The van der Waals surface area contributed by atoms with Gasteiger partial charge in [0.15, 0.2) is 0 Å². The minimum absolute atomic E-state index is 0.107. The molecule has 1 aliphatic rings. The van der Waals surface area contributed by atoms with Gasteiger partial charge in [-0.15, -0.1) is 0 Å². The predicted molar refractivity (Wildman–Crippen MR) is 116 cm³/mol. The van der Waals surface area contributed by atoms with Gasteiger partial charge in [-0.25, -0.2) is 8.42 Å². The van der Waals surface area contributed by atoms with Gasteiger partial charge in [0.25, 0.3) is 0 Å². The van der Waals surface area contributed by atoms with Crippen molar-refractivity contribution in [3.63, 3.8) is 0 Å². The molecular formula is C23H27N3O3S. The molecule has 30 heavy (non-hydrogen) atoms. The minimum Gasteiger partial charge on any atom is -0.326 e. The van der Waals surface area contributed by atoms with Crippen molar-refractivity contribution in [3.8, 4) is 6.07 Å². The first kappa shape index (κ1) is 22.0. The highest BCUT2D eigenvalue weighted by molar-refractivity contribution is 7.89. The molecule has 158 valence electrons. The second kappa shape index (κ2) is 8.99. The van der Waals surface area contributed by atoms with E-state index in [0.717, 1.165) is 24.0 Å². The van der Waals surface area contributed by atoms with Gasteiger partial charge in [0, 0.05) is 25.2 Å². The number of carbonyl (C=O) groups excluding carboxylic acids is 1. The van der Waals surface area contributed by atoms with E-state index in [1.807, 2.05) is 38.1 Å². The quantitative estimate of drug-likeness (QED) is 0.661. The molecule has 2 aromatic carbocycles. The SMILES string of the molecule is CCN(CC)S(=O)(=O)c1ccc(CCC(=O)Nc2ccc(C3(C#N)CC3)cc2)cc1. The Morgan fingerprint density at radius 3 is 2.17 bits per heavy atom. The van der Waals surface area contributed by atoms with Crippen molar-refractivity contribution in [1.29, 1.82) is 5.26 Å². The third-order valence-electron chi connectivity index (χ3n) is 5.59. The van der Waals surface area contributed by atoms with Crippen LogP contribution in [0.4, 0.5) is 5.69 Å². The molecule has 1 amide bonds. The summed E-state index contributed by atoms with van der Waals surface area (Å²) in [5, 5.41) is 12.1. The molecule has 0 bridgehead atoms. The van der Waals surface area contributed by atoms with Crippen LogP contribution in [0, 0.1) is 11.3 Å². The predicted octanol–water partition coefficient (Wildman–Crippen LogP) is 3.84. The Hall–Kier alpha value is -2.69. The molecule has 0 spiro atoms. The summed E-state index contributed by atoms with van der Waals surface area (Å²) in [7, 11) is -3.47. The molecule has 0 saturated heterocycles. The number of anilines is 1. The summed E-state index contributed by atoms with van der Waals surface area (Å²) in [6, 6.07) is 16.6. The second-order valence-electron chi connectivity index (χ2n) is 7.55. The first-order valence-electron chi connectivity index (χ1n) is 10.3. The average Bonchev–Trinajstić information content (AvgIpc) is 3.55.